The van der Waals surface area contributed by atoms with Gasteiger partial charge < -0.3 is 15.2 Å². The molecule has 1 aliphatic rings. The molecular formula is C13H17NO2. The predicted octanol–water partition coefficient (Wildman–Crippen LogP) is 2.42. The Labute approximate surface area is 95.9 Å². The number of nitrogens with two attached hydrogens (primary N) is 1. The number of allylic oxidation sites excluding steroid dienone is 1. The van der Waals surface area contributed by atoms with E-state index in [1.807, 2.05) is 38.1 Å². The van der Waals surface area contributed by atoms with Crippen molar-refractivity contribution in [1.82, 2.24) is 0 Å². The van der Waals surface area contributed by atoms with Crippen LogP contribution in [0.15, 0.2) is 29.8 Å². The number of rotatable bonds is 2. The summed E-state index contributed by atoms with van der Waals surface area (Å²) in [5.41, 5.74) is 8.31. The normalized spacial score (nSPS) is 15.4. The van der Waals surface area contributed by atoms with Gasteiger partial charge in [0.05, 0.1) is 0 Å². The molecule has 1 heterocycles. The van der Waals surface area contributed by atoms with E-state index < -0.39 is 0 Å². The maximum atomic E-state index is 6.06. The summed E-state index contributed by atoms with van der Waals surface area (Å²) in [6.45, 7) is 5.30. The lowest BCUT2D eigenvalue weighted by molar-refractivity contribution is 0.171. The molecule has 0 radical (unpaired) electrons. The lowest BCUT2D eigenvalue weighted by atomic mass is 10.0. The summed E-state index contributed by atoms with van der Waals surface area (Å²) in [5, 5.41) is 0. The zero-order valence-corrected chi connectivity index (χ0v) is 9.69. The van der Waals surface area contributed by atoms with E-state index in [2.05, 4.69) is 0 Å². The summed E-state index contributed by atoms with van der Waals surface area (Å²) in [6.07, 6.45) is 2.03. The van der Waals surface area contributed by atoms with Crippen molar-refractivity contribution in [1.29, 1.82) is 0 Å². The van der Waals surface area contributed by atoms with Crippen molar-refractivity contribution in [3.05, 3.63) is 35.4 Å². The Hall–Kier alpha value is -1.48. The molecule has 1 aliphatic heterocycles. The molecule has 0 saturated heterocycles. The zero-order chi connectivity index (χ0) is 11.5. The fraction of sp³-hybridized carbons (Fsp3) is 0.385. The van der Waals surface area contributed by atoms with Gasteiger partial charge in [0.25, 0.3) is 0 Å². The van der Waals surface area contributed by atoms with Crippen LogP contribution in [0.25, 0.3) is 0 Å². The lowest BCUT2D eigenvalue weighted by Gasteiger charge is -2.19. The van der Waals surface area contributed by atoms with Crippen LogP contribution in [0.3, 0.4) is 0 Å². The largest absolute Gasteiger partial charge is 0.486 e. The van der Waals surface area contributed by atoms with Crippen LogP contribution in [0.1, 0.15) is 25.5 Å². The Kier molecular flexibility index (Phi) is 3.15. The third kappa shape index (κ3) is 2.36. The van der Waals surface area contributed by atoms with Crippen molar-refractivity contribution in [3.8, 4) is 11.5 Å². The molecule has 3 heteroatoms. The average molecular weight is 219 g/mol. The molecule has 2 rings (SSSR count). The maximum Gasteiger partial charge on any atom is 0.161 e. The second-order valence-corrected chi connectivity index (χ2v) is 4.17. The SMILES string of the molecule is CC(C)=CC(N)c1ccc2c(c1)OCCO2. The van der Waals surface area contributed by atoms with Gasteiger partial charge in [-0.1, -0.05) is 17.7 Å². The van der Waals surface area contributed by atoms with Gasteiger partial charge in [0, 0.05) is 6.04 Å². The van der Waals surface area contributed by atoms with E-state index in [0.29, 0.717) is 13.2 Å². The van der Waals surface area contributed by atoms with E-state index in [9.17, 15) is 0 Å². The van der Waals surface area contributed by atoms with E-state index in [1.54, 1.807) is 0 Å². The minimum Gasteiger partial charge on any atom is -0.486 e. The van der Waals surface area contributed by atoms with E-state index in [4.69, 9.17) is 15.2 Å². The monoisotopic (exact) mass is 219 g/mol. The Morgan fingerprint density at radius 3 is 2.62 bits per heavy atom. The molecule has 0 amide bonds. The standard InChI is InChI=1S/C13H17NO2/c1-9(2)7-11(14)10-3-4-12-13(8-10)16-6-5-15-12/h3-4,7-8,11H,5-6,14H2,1-2H3. The highest BCUT2D eigenvalue weighted by molar-refractivity contribution is 5.45. The molecule has 0 saturated carbocycles. The molecule has 2 N–H and O–H groups in total. The van der Waals surface area contributed by atoms with Gasteiger partial charge in [0.15, 0.2) is 11.5 Å². The smallest absolute Gasteiger partial charge is 0.161 e. The second-order valence-electron chi connectivity index (χ2n) is 4.17. The second kappa shape index (κ2) is 4.58. The lowest BCUT2D eigenvalue weighted by Crippen LogP contribution is -2.16. The Bertz CT molecular complexity index is 408. The first-order valence-electron chi connectivity index (χ1n) is 5.47. The minimum absolute atomic E-state index is 0.0826. The van der Waals surface area contributed by atoms with Crippen molar-refractivity contribution >= 4 is 0 Å². The van der Waals surface area contributed by atoms with Gasteiger partial charge in [-0.25, -0.2) is 0 Å². The van der Waals surface area contributed by atoms with E-state index in [-0.39, 0.29) is 6.04 Å². The molecule has 0 bridgehead atoms. The van der Waals surface area contributed by atoms with Gasteiger partial charge in [-0.3, -0.25) is 0 Å². The van der Waals surface area contributed by atoms with Crippen LogP contribution in [-0.4, -0.2) is 13.2 Å². The van der Waals surface area contributed by atoms with E-state index in [1.165, 1.54) is 5.57 Å². The van der Waals surface area contributed by atoms with Crippen molar-refractivity contribution in [2.24, 2.45) is 5.73 Å². The van der Waals surface area contributed by atoms with Crippen molar-refractivity contribution < 1.29 is 9.47 Å². The average Bonchev–Trinajstić information content (AvgIpc) is 2.27. The summed E-state index contributed by atoms with van der Waals surface area (Å²) in [5.74, 6) is 1.60. The van der Waals surface area contributed by atoms with Crippen LogP contribution in [0.2, 0.25) is 0 Å². The topological polar surface area (TPSA) is 44.5 Å². The maximum absolute atomic E-state index is 6.06. The molecule has 1 aromatic rings. The molecule has 86 valence electrons. The summed E-state index contributed by atoms with van der Waals surface area (Å²) in [6, 6.07) is 5.78. The molecular weight excluding hydrogens is 202 g/mol. The molecule has 16 heavy (non-hydrogen) atoms. The van der Waals surface area contributed by atoms with Crippen LogP contribution >= 0.6 is 0 Å². The number of hydrogen-bond donors (Lipinski definition) is 1. The van der Waals surface area contributed by atoms with Crippen LogP contribution in [0.4, 0.5) is 0 Å². The van der Waals surface area contributed by atoms with Crippen molar-refractivity contribution in [2.45, 2.75) is 19.9 Å². The molecule has 0 spiro atoms. The van der Waals surface area contributed by atoms with Crippen molar-refractivity contribution in [2.75, 3.05) is 13.2 Å². The fourth-order valence-electron chi connectivity index (χ4n) is 1.72. The highest BCUT2D eigenvalue weighted by Gasteiger charge is 2.13. The van der Waals surface area contributed by atoms with E-state index in [0.717, 1.165) is 17.1 Å². The first-order valence-corrected chi connectivity index (χ1v) is 5.47. The van der Waals surface area contributed by atoms with Crippen LogP contribution in [0, 0.1) is 0 Å². The summed E-state index contributed by atoms with van der Waals surface area (Å²) >= 11 is 0. The quantitative estimate of drug-likeness (QED) is 0.777. The van der Waals surface area contributed by atoms with Gasteiger partial charge in [-0.05, 0) is 31.5 Å². The van der Waals surface area contributed by atoms with Gasteiger partial charge in [-0.15, -0.1) is 0 Å². The first-order chi connectivity index (χ1) is 7.66. The molecule has 1 unspecified atom stereocenters. The minimum atomic E-state index is -0.0826. The Morgan fingerprint density at radius 1 is 1.25 bits per heavy atom. The number of hydrogen-bond acceptors (Lipinski definition) is 3. The molecule has 1 aromatic carbocycles. The summed E-state index contributed by atoms with van der Waals surface area (Å²) in [4.78, 5) is 0. The Morgan fingerprint density at radius 2 is 1.94 bits per heavy atom. The highest BCUT2D eigenvalue weighted by atomic mass is 16.6. The van der Waals surface area contributed by atoms with Gasteiger partial charge in [0.2, 0.25) is 0 Å². The van der Waals surface area contributed by atoms with Crippen LogP contribution in [-0.2, 0) is 0 Å². The highest BCUT2D eigenvalue weighted by Crippen LogP contribution is 2.32. The summed E-state index contributed by atoms with van der Waals surface area (Å²) in [7, 11) is 0. The molecule has 0 aliphatic carbocycles. The summed E-state index contributed by atoms with van der Waals surface area (Å²) < 4.78 is 11.0. The fourth-order valence-corrected chi connectivity index (χ4v) is 1.72. The van der Waals surface area contributed by atoms with Crippen LogP contribution in [0.5, 0.6) is 11.5 Å². The van der Waals surface area contributed by atoms with Gasteiger partial charge in [0.1, 0.15) is 13.2 Å². The molecule has 0 fully saturated rings. The third-order valence-corrected chi connectivity index (χ3v) is 2.46. The van der Waals surface area contributed by atoms with E-state index >= 15 is 0 Å². The number of benzene rings is 1. The van der Waals surface area contributed by atoms with Gasteiger partial charge >= 0.3 is 0 Å². The van der Waals surface area contributed by atoms with Gasteiger partial charge in [-0.2, -0.15) is 0 Å². The molecule has 0 aromatic heterocycles. The molecule has 3 nitrogen and oxygen atoms in total. The third-order valence-electron chi connectivity index (χ3n) is 2.46. The first kappa shape index (κ1) is 11.0. The van der Waals surface area contributed by atoms with Crippen LogP contribution < -0.4 is 15.2 Å². The zero-order valence-electron chi connectivity index (χ0n) is 9.69. The number of fused-ring (bicyclic) bond motifs is 1. The predicted molar refractivity (Wildman–Crippen MR) is 63.8 cm³/mol. The van der Waals surface area contributed by atoms with Crippen molar-refractivity contribution in [3.63, 3.8) is 0 Å². The molecule has 1 atom stereocenters. The number of ether oxygens (including phenoxy) is 2. The Balaban J connectivity index is 2.26.